The summed E-state index contributed by atoms with van der Waals surface area (Å²) in [4.78, 5) is 15.1. The number of hydrogen-bond acceptors (Lipinski definition) is 3. The Kier molecular flexibility index (Phi) is 5.66. The highest BCUT2D eigenvalue weighted by Gasteiger charge is 2.12. The van der Waals surface area contributed by atoms with Crippen molar-refractivity contribution in [1.29, 1.82) is 0 Å². The molecule has 0 aliphatic carbocycles. The van der Waals surface area contributed by atoms with Crippen LogP contribution in [-0.2, 0) is 4.79 Å². The van der Waals surface area contributed by atoms with Gasteiger partial charge in [0.1, 0.15) is 0 Å². The van der Waals surface area contributed by atoms with Crippen LogP contribution in [0.15, 0.2) is 0 Å². The molecule has 0 aromatic carbocycles. The predicted molar refractivity (Wildman–Crippen MR) is 54.5 cm³/mol. The number of hydrogen-bond donors (Lipinski definition) is 1. The average Bonchev–Trinajstić information content (AvgIpc) is 2.02. The van der Waals surface area contributed by atoms with E-state index in [9.17, 15) is 4.79 Å². The molecule has 0 unspecified atom stereocenters. The topological polar surface area (TPSA) is 49.6 Å². The van der Waals surface area contributed by atoms with Crippen molar-refractivity contribution in [2.75, 3.05) is 34.2 Å². The summed E-state index contributed by atoms with van der Waals surface area (Å²) in [5.41, 5.74) is 5.47. The van der Waals surface area contributed by atoms with Crippen LogP contribution < -0.4 is 5.73 Å². The van der Waals surface area contributed by atoms with Gasteiger partial charge in [0.05, 0.1) is 6.04 Å². The van der Waals surface area contributed by atoms with Gasteiger partial charge in [-0.3, -0.25) is 4.79 Å². The number of carbonyl (C=O) groups excluding carboxylic acids is 1. The second kappa shape index (κ2) is 5.94. The smallest absolute Gasteiger partial charge is 0.238 e. The molecule has 1 amide bonds. The first-order chi connectivity index (χ1) is 5.95. The molecule has 78 valence electrons. The van der Waals surface area contributed by atoms with Gasteiger partial charge in [-0.05, 0) is 34.0 Å². The van der Waals surface area contributed by atoms with Gasteiger partial charge in [0.25, 0.3) is 0 Å². The third-order valence-corrected chi connectivity index (χ3v) is 1.86. The number of likely N-dealkylation sites (N-methyl/N-ethyl adjacent to an activating group) is 1. The molecule has 1 atom stereocenters. The summed E-state index contributed by atoms with van der Waals surface area (Å²) in [6.45, 7) is 3.49. The molecule has 0 fully saturated rings. The minimum atomic E-state index is -0.385. The second-order valence-electron chi connectivity index (χ2n) is 3.71. The van der Waals surface area contributed by atoms with Gasteiger partial charge in [0.15, 0.2) is 0 Å². The highest BCUT2D eigenvalue weighted by molar-refractivity contribution is 5.80. The van der Waals surface area contributed by atoms with Crippen LogP contribution in [0.4, 0.5) is 0 Å². The molecule has 0 rings (SSSR count). The summed E-state index contributed by atoms with van der Waals surface area (Å²) < 4.78 is 0. The van der Waals surface area contributed by atoms with Gasteiger partial charge >= 0.3 is 0 Å². The van der Waals surface area contributed by atoms with Crippen molar-refractivity contribution in [3.8, 4) is 0 Å². The van der Waals surface area contributed by atoms with E-state index in [1.165, 1.54) is 0 Å². The van der Waals surface area contributed by atoms with Crippen molar-refractivity contribution in [3.63, 3.8) is 0 Å². The lowest BCUT2D eigenvalue weighted by atomic mass is 10.3. The first-order valence-electron chi connectivity index (χ1n) is 4.60. The molecule has 0 aromatic rings. The normalized spacial score (nSPS) is 13.1. The van der Waals surface area contributed by atoms with Crippen LogP contribution in [0.5, 0.6) is 0 Å². The molecule has 2 N–H and O–H groups in total. The molecular formula is C9H21N3O. The van der Waals surface area contributed by atoms with Gasteiger partial charge < -0.3 is 15.5 Å². The predicted octanol–water partition coefficient (Wildman–Crippen LogP) is -0.256. The van der Waals surface area contributed by atoms with E-state index in [4.69, 9.17) is 5.73 Å². The van der Waals surface area contributed by atoms with Crippen molar-refractivity contribution in [2.24, 2.45) is 5.73 Å². The zero-order valence-electron chi connectivity index (χ0n) is 9.08. The van der Waals surface area contributed by atoms with E-state index in [1.54, 1.807) is 18.9 Å². The SMILES string of the molecule is C[C@H](N)C(=O)N(C)CCCN(C)C. The maximum absolute atomic E-state index is 11.3. The molecule has 0 spiro atoms. The van der Waals surface area contributed by atoms with Crippen LogP contribution >= 0.6 is 0 Å². The minimum absolute atomic E-state index is 0.0127. The van der Waals surface area contributed by atoms with E-state index in [0.29, 0.717) is 0 Å². The maximum atomic E-state index is 11.3. The van der Waals surface area contributed by atoms with E-state index in [1.807, 2.05) is 14.1 Å². The fraction of sp³-hybridized carbons (Fsp3) is 0.889. The Morgan fingerprint density at radius 3 is 2.23 bits per heavy atom. The molecule has 0 saturated heterocycles. The zero-order chi connectivity index (χ0) is 10.4. The number of rotatable bonds is 5. The van der Waals surface area contributed by atoms with Crippen LogP contribution in [0, 0.1) is 0 Å². The monoisotopic (exact) mass is 187 g/mol. The van der Waals surface area contributed by atoms with Crippen molar-refractivity contribution < 1.29 is 4.79 Å². The van der Waals surface area contributed by atoms with Gasteiger partial charge in [-0.15, -0.1) is 0 Å². The minimum Gasteiger partial charge on any atom is -0.344 e. The third-order valence-electron chi connectivity index (χ3n) is 1.86. The van der Waals surface area contributed by atoms with Crippen molar-refractivity contribution in [2.45, 2.75) is 19.4 Å². The number of amides is 1. The molecule has 0 heterocycles. The summed E-state index contributed by atoms with van der Waals surface area (Å²) in [5.74, 6) is 0.0127. The molecule has 0 radical (unpaired) electrons. The fourth-order valence-corrected chi connectivity index (χ4v) is 1.08. The molecule has 0 aromatic heterocycles. The first-order valence-corrected chi connectivity index (χ1v) is 4.60. The Labute approximate surface area is 80.7 Å². The second-order valence-corrected chi connectivity index (χ2v) is 3.71. The molecule has 4 heteroatoms. The first kappa shape index (κ1) is 12.4. The highest BCUT2D eigenvalue weighted by atomic mass is 16.2. The van der Waals surface area contributed by atoms with Crippen molar-refractivity contribution in [3.05, 3.63) is 0 Å². The number of nitrogens with two attached hydrogens (primary N) is 1. The quantitative estimate of drug-likeness (QED) is 0.645. The van der Waals surface area contributed by atoms with Crippen LogP contribution in [0.3, 0.4) is 0 Å². The van der Waals surface area contributed by atoms with Gasteiger partial charge in [-0.2, -0.15) is 0 Å². The van der Waals surface area contributed by atoms with Crippen LogP contribution in [0.1, 0.15) is 13.3 Å². The Morgan fingerprint density at radius 2 is 1.85 bits per heavy atom. The summed E-state index contributed by atoms with van der Waals surface area (Å²) in [6, 6.07) is -0.385. The fourth-order valence-electron chi connectivity index (χ4n) is 1.08. The van der Waals surface area contributed by atoms with Crippen molar-refractivity contribution >= 4 is 5.91 Å². The molecule has 4 nitrogen and oxygen atoms in total. The summed E-state index contributed by atoms with van der Waals surface area (Å²) in [7, 11) is 5.84. The Bertz CT molecular complexity index is 157. The maximum Gasteiger partial charge on any atom is 0.238 e. The standard InChI is InChI=1S/C9H21N3O/c1-8(10)9(13)12(4)7-5-6-11(2)3/h8H,5-7,10H2,1-4H3/t8-/m0/s1. The van der Waals surface area contributed by atoms with Gasteiger partial charge in [0, 0.05) is 13.6 Å². The van der Waals surface area contributed by atoms with Crippen LogP contribution in [0.2, 0.25) is 0 Å². The summed E-state index contributed by atoms with van der Waals surface area (Å²) in [6.07, 6.45) is 0.988. The lowest BCUT2D eigenvalue weighted by Crippen LogP contribution is -2.40. The van der Waals surface area contributed by atoms with Gasteiger partial charge in [-0.25, -0.2) is 0 Å². The van der Waals surface area contributed by atoms with Crippen LogP contribution in [0.25, 0.3) is 0 Å². The largest absolute Gasteiger partial charge is 0.344 e. The molecule has 13 heavy (non-hydrogen) atoms. The molecule has 0 saturated carbocycles. The van der Waals surface area contributed by atoms with E-state index < -0.39 is 0 Å². The average molecular weight is 187 g/mol. The highest BCUT2D eigenvalue weighted by Crippen LogP contribution is 1.92. The van der Waals surface area contributed by atoms with E-state index in [0.717, 1.165) is 19.5 Å². The Hall–Kier alpha value is -0.610. The Balaban J connectivity index is 3.62. The molecule has 0 aliphatic rings. The van der Waals surface area contributed by atoms with Gasteiger partial charge in [-0.1, -0.05) is 0 Å². The van der Waals surface area contributed by atoms with Crippen molar-refractivity contribution in [1.82, 2.24) is 9.80 Å². The lowest BCUT2D eigenvalue weighted by molar-refractivity contribution is -0.130. The molecular weight excluding hydrogens is 166 g/mol. The van der Waals surface area contributed by atoms with E-state index in [-0.39, 0.29) is 11.9 Å². The number of nitrogens with zero attached hydrogens (tertiary/aromatic N) is 2. The van der Waals surface area contributed by atoms with Crippen LogP contribution in [-0.4, -0.2) is 56.0 Å². The van der Waals surface area contributed by atoms with E-state index in [2.05, 4.69) is 4.90 Å². The third kappa shape index (κ3) is 5.60. The summed E-state index contributed by atoms with van der Waals surface area (Å²) >= 11 is 0. The summed E-state index contributed by atoms with van der Waals surface area (Å²) in [5, 5.41) is 0. The van der Waals surface area contributed by atoms with Gasteiger partial charge in [0.2, 0.25) is 5.91 Å². The molecule has 0 aliphatic heterocycles. The van der Waals surface area contributed by atoms with E-state index >= 15 is 0 Å². The Morgan fingerprint density at radius 1 is 1.31 bits per heavy atom. The lowest BCUT2D eigenvalue weighted by Gasteiger charge is -2.20. The molecule has 0 bridgehead atoms. The number of carbonyl (C=O) groups is 1. The zero-order valence-corrected chi connectivity index (χ0v) is 9.08.